The Labute approximate surface area is 139 Å². The van der Waals surface area contributed by atoms with Gasteiger partial charge in [-0.05, 0) is 49.8 Å². The summed E-state index contributed by atoms with van der Waals surface area (Å²) in [6.45, 7) is 0.753. The molecule has 5 nitrogen and oxygen atoms in total. The van der Waals surface area contributed by atoms with Gasteiger partial charge in [0.1, 0.15) is 5.82 Å². The molecule has 23 heavy (non-hydrogen) atoms. The van der Waals surface area contributed by atoms with E-state index in [1.807, 2.05) is 18.2 Å². The van der Waals surface area contributed by atoms with Gasteiger partial charge < -0.3 is 11.1 Å². The Kier molecular flexibility index (Phi) is 3.53. The van der Waals surface area contributed by atoms with Gasteiger partial charge in [-0.25, -0.2) is 4.68 Å². The van der Waals surface area contributed by atoms with Crippen LogP contribution in [0.3, 0.4) is 0 Å². The first kappa shape index (κ1) is 14.6. The van der Waals surface area contributed by atoms with Crippen LogP contribution in [0.1, 0.15) is 46.8 Å². The molecule has 1 unspecified atom stereocenters. The van der Waals surface area contributed by atoms with E-state index >= 15 is 0 Å². The Morgan fingerprint density at radius 2 is 2.17 bits per heavy atom. The lowest BCUT2D eigenvalue weighted by Gasteiger charge is -2.26. The minimum atomic E-state index is -0.200. The summed E-state index contributed by atoms with van der Waals surface area (Å²) in [5.74, 6) is 0.331. The van der Waals surface area contributed by atoms with Crippen LogP contribution in [0.25, 0.3) is 0 Å². The molecule has 0 saturated heterocycles. The van der Waals surface area contributed by atoms with E-state index in [2.05, 4.69) is 10.4 Å². The number of rotatable bonds is 1. The van der Waals surface area contributed by atoms with Crippen molar-refractivity contribution in [1.29, 1.82) is 0 Å². The van der Waals surface area contributed by atoms with Gasteiger partial charge in [0.05, 0.1) is 11.6 Å². The molecule has 1 aliphatic heterocycles. The molecule has 1 aromatic carbocycles. The lowest BCUT2D eigenvalue weighted by atomic mass is 9.90. The van der Waals surface area contributed by atoms with Gasteiger partial charge in [0.2, 0.25) is 0 Å². The van der Waals surface area contributed by atoms with E-state index in [4.69, 9.17) is 17.3 Å². The highest BCUT2D eigenvalue weighted by Gasteiger charge is 2.31. The molecule has 0 saturated carbocycles. The van der Waals surface area contributed by atoms with Crippen molar-refractivity contribution in [2.24, 2.45) is 0 Å². The highest BCUT2D eigenvalue weighted by atomic mass is 35.5. The first-order valence-corrected chi connectivity index (χ1v) is 8.46. The summed E-state index contributed by atoms with van der Waals surface area (Å²) in [5.41, 5.74) is 10.0. The third kappa shape index (κ3) is 2.39. The Balaban J connectivity index is 1.74. The van der Waals surface area contributed by atoms with Crippen LogP contribution in [-0.2, 0) is 12.8 Å². The molecule has 120 valence electrons. The van der Waals surface area contributed by atoms with Crippen molar-refractivity contribution in [3.8, 4) is 0 Å². The van der Waals surface area contributed by atoms with Crippen LogP contribution in [0, 0.1) is 0 Å². The van der Waals surface area contributed by atoms with Crippen molar-refractivity contribution in [2.45, 2.75) is 38.0 Å². The van der Waals surface area contributed by atoms with Crippen molar-refractivity contribution in [1.82, 2.24) is 9.78 Å². The normalized spacial score (nSPS) is 19.6. The Morgan fingerprint density at radius 3 is 3.04 bits per heavy atom. The molecule has 2 aromatic rings. The number of nitrogens with one attached hydrogen (secondary N) is 1. The van der Waals surface area contributed by atoms with E-state index in [0.717, 1.165) is 61.2 Å². The van der Waals surface area contributed by atoms with E-state index < -0.39 is 0 Å². The highest BCUT2D eigenvalue weighted by Crippen LogP contribution is 2.36. The topological polar surface area (TPSA) is 72.9 Å². The lowest BCUT2D eigenvalue weighted by molar-refractivity contribution is 0.0852. The van der Waals surface area contributed by atoms with Crippen molar-refractivity contribution in [3.05, 3.63) is 40.0 Å². The molecule has 3 N–H and O–H groups in total. The zero-order valence-corrected chi connectivity index (χ0v) is 13.6. The number of fused-ring (bicyclic) bond motifs is 2. The molecule has 0 spiro atoms. The van der Waals surface area contributed by atoms with Crippen LogP contribution in [0.5, 0.6) is 0 Å². The van der Waals surface area contributed by atoms with Gasteiger partial charge in [0, 0.05) is 22.8 Å². The van der Waals surface area contributed by atoms with Gasteiger partial charge in [-0.15, -0.1) is 5.10 Å². The van der Waals surface area contributed by atoms with Gasteiger partial charge in [-0.2, -0.15) is 0 Å². The van der Waals surface area contributed by atoms with Gasteiger partial charge in [-0.3, -0.25) is 4.79 Å². The van der Waals surface area contributed by atoms with Crippen LogP contribution < -0.4 is 11.1 Å². The number of hydrogen-bond donors (Lipinski definition) is 2. The number of halogens is 1. The average molecular weight is 331 g/mol. The molecular weight excluding hydrogens is 312 g/mol. The van der Waals surface area contributed by atoms with Crippen molar-refractivity contribution < 1.29 is 4.79 Å². The quantitative estimate of drug-likeness (QED) is 0.842. The monoisotopic (exact) mass is 330 g/mol. The van der Waals surface area contributed by atoms with Crippen LogP contribution in [0.4, 0.5) is 11.5 Å². The standard InChI is InChI=1S/C17H19ClN4O/c18-10-5-6-11-12(7-8-20-14(11)9-10)17(23)22-15-4-2-1-3-13(15)16(19)21-22/h5-6,9,12,20H,1-4,7-8H2,(H2,19,21). The van der Waals surface area contributed by atoms with Gasteiger partial charge in [0.25, 0.3) is 5.91 Å². The van der Waals surface area contributed by atoms with Crippen molar-refractivity contribution >= 4 is 29.0 Å². The van der Waals surface area contributed by atoms with Crippen LogP contribution in [-0.4, -0.2) is 22.2 Å². The number of nitrogens with two attached hydrogens (primary N) is 1. The molecule has 0 bridgehead atoms. The predicted octanol–water partition coefficient (Wildman–Crippen LogP) is 3.24. The SMILES string of the molecule is Nc1nn(C(=O)C2CCNc3cc(Cl)ccc32)c2c1CCCC2. The molecule has 6 heteroatoms. The van der Waals surface area contributed by atoms with E-state index in [-0.39, 0.29) is 11.8 Å². The number of hydrogen-bond acceptors (Lipinski definition) is 4. The summed E-state index contributed by atoms with van der Waals surface area (Å²) in [6.07, 6.45) is 4.76. The number of nitrogens with zero attached hydrogens (tertiary/aromatic N) is 2. The maximum absolute atomic E-state index is 13.1. The van der Waals surface area contributed by atoms with Crippen LogP contribution in [0.2, 0.25) is 5.02 Å². The van der Waals surface area contributed by atoms with Gasteiger partial charge in [-0.1, -0.05) is 17.7 Å². The second-order valence-electron chi connectivity index (χ2n) is 6.27. The summed E-state index contributed by atoms with van der Waals surface area (Å²) in [7, 11) is 0. The molecule has 2 aliphatic rings. The predicted molar refractivity (Wildman–Crippen MR) is 91.2 cm³/mol. The fourth-order valence-corrected chi connectivity index (χ4v) is 3.88. The third-order valence-corrected chi connectivity index (χ3v) is 5.09. The lowest BCUT2D eigenvalue weighted by Crippen LogP contribution is -2.29. The minimum Gasteiger partial charge on any atom is -0.385 e. The Bertz CT molecular complexity index is 783. The molecule has 0 fully saturated rings. The molecule has 2 heterocycles. The zero-order chi connectivity index (χ0) is 16.0. The summed E-state index contributed by atoms with van der Waals surface area (Å²) < 4.78 is 1.57. The van der Waals surface area contributed by atoms with E-state index in [1.54, 1.807) is 4.68 Å². The first-order chi connectivity index (χ1) is 11.1. The second kappa shape index (κ2) is 5.57. The number of benzene rings is 1. The molecule has 1 aliphatic carbocycles. The summed E-state index contributed by atoms with van der Waals surface area (Å²) in [6, 6.07) is 5.65. The van der Waals surface area contributed by atoms with E-state index in [9.17, 15) is 4.79 Å². The van der Waals surface area contributed by atoms with Gasteiger partial charge >= 0.3 is 0 Å². The smallest absolute Gasteiger partial charge is 0.254 e. The van der Waals surface area contributed by atoms with Gasteiger partial charge in [0.15, 0.2) is 0 Å². The van der Waals surface area contributed by atoms with E-state index in [0.29, 0.717) is 10.8 Å². The van der Waals surface area contributed by atoms with Crippen molar-refractivity contribution in [3.63, 3.8) is 0 Å². The second-order valence-corrected chi connectivity index (χ2v) is 6.70. The first-order valence-electron chi connectivity index (χ1n) is 8.09. The van der Waals surface area contributed by atoms with Crippen LogP contribution in [0.15, 0.2) is 18.2 Å². The number of anilines is 2. The summed E-state index contributed by atoms with van der Waals surface area (Å²) >= 11 is 6.06. The fraction of sp³-hybridized carbons (Fsp3) is 0.412. The number of carbonyl (C=O) groups is 1. The maximum atomic E-state index is 13.1. The summed E-state index contributed by atoms with van der Waals surface area (Å²) in [4.78, 5) is 13.1. The molecule has 1 aromatic heterocycles. The average Bonchev–Trinajstić information content (AvgIpc) is 2.91. The number of nitrogen functional groups attached to an aromatic ring is 1. The number of carbonyl (C=O) groups excluding carboxylic acids is 1. The Morgan fingerprint density at radius 1 is 1.35 bits per heavy atom. The summed E-state index contributed by atoms with van der Waals surface area (Å²) in [5, 5.41) is 8.34. The molecule has 1 atom stereocenters. The molecule has 4 rings (SSSR count). The van der Waals surface area contributed by atoms with E-state index in [1.165, 1.54) is 0 Å². The minimum absolute atomic E-state index is 0.0184. The molecule has 0 radical (unpaired) electrons. The molecular formula is C17H19ClN4O. The highest BCUT2D eigenvalue weighted by molar-refractivity contribution is 6.30. The number of aromatic nitrogens is 2. The third-order valence-electron chi connectivity index (χ3n) is 4.86. The fourth-order valence-electron chi connectivity index (χ4n) is 3.71. The van der Waals surface area contributed by atoms with Crippen LogP contribution >= 0.6 is 11.6 Å². The molecule has 0 amide bonds. The zero-order valence-electron chi connectivity index (χ0n) is 12.8. The largest absolute Gasteiger partial charge is 0.385 e. The Hall–Kier alpha value is -2.01. The van der Waals surface area contributed by atoms with Crippen molar-refractivity contribution in [2.75, 3.05) is 17.6 Å². The maximum Gasteiger partial charge on any atom is 0.254 e.